The minimum Gasteiger partial charge on any atom is -0.356 e. The van der Waals surface area contributed by atoms with Crippen LogP contribution < -0.4 is 10.6 Å². The zero-order chi connectivity index (χ0) is 19.8. The van der Waals surface area contributed by atoms with E-state index in [0.717, 1.165) is 57.0 Å². The van der Waals surface area contributed by atoms with Crippen LogP contribution in [0.5, 0.6) is 0 Å². The highest BCUT2D eigenvalue weighted by Gasteiger charge is 2.22. The number of pyridine rings is 1. The normalized spacial score (nSPS) is 15.2. The summed E-state index contributed by atoms with van der Waals surface area (Å²) in [7, 11) is 1.82. The molecule has 1 atom stereocenters. The van der Waals surface area contributed by atoms with Crippen LogP contribution in [0.4, 0.5) is 0 Å². The Labute approximate surface area is 196 Å². The van der Waals surface area contributed by atoms with Crippen LogP contribution in [0.1, 0.15) is 30.0 Å². The van der Waals surface area contributed by atoms with Crippen LogP contribution in [-0.4, -0.2) is 48.6 Å². The first kappa shape index (κ1) is 23.9. The Morgan fingerprint density at radius 2 is 2.00 bits per heavy atom. The molecule has 0 spiro atoms. The lowest BCUT2D eigenvalue weighted by atomic mass is 9.98. The molecule has 2 heterocycles. The molecule has 7 heteroatoms. The lowest BCUT2D eigenvalue weighted by Gasteiger charge is -2.35. The Bertz CT molecular complexity index is 781. The van der Waals surface area contributed by atoms with Crippen LogP contribution in [0.15, 0.2) is 47.6 Å². The molecule has 0 amide bonds. The third kappa shape index (κ3) is 7.12. The van der Waals surface area contributed by atoms with Gasteiger partial charge in [0.15, 0.2) is 5.96 Å². The highest BCUT2D eigenvalue weighted by atomic mass is 127. The summed E-state index contributed by atoms with van der Waals surface area (Å²) in [5.41, 5.74) is 4.12. The van der Waals surface area contributed by atoms with E-state index in [1.165, 1.54) is 11.1 Å². The van der Waals surface area contributed by atoms with Gasteiger partial charge in [0, 0.05) is 45.5 Å². The topological polar surface area (TPSA) is 52.6 Å². The standard InChI is InChI=1S/C22H30ClN5.HI/c1-3-20(28-13-11-18-6-4-5-7-19(18)16-28)15-27-22(24-2)25-12-10-17-8-9-21(23)26-14-17;/h4-9,14,20H,3,10-13,15-16H2,1-2H3,(H2,24,25,27);1H. The van der Waals surface area contributed by atoms with E-state index in [4.69, 9.17) is 11.6 Å². The average molecular weight is 528 g/mol. The number of aromatic nitrogens is 1. The lowest BCUT2D eigenvalue weighted by Crippen LogP contribution is -2.48. The van der Waals surface area contributed by atoms with E-state index in [1.54, 1.807) is 0 Å². The van der Waals surface area contributed by atoms with Crippen LogP contribution in [0.3, 0.4) is 0 Å². The van der Waals surface area contributed by atoms with Gasteiger partial charge >= 0.3 is 0 Å². The summed E-state index contributed by atoms with van der Waals surface area (Å²) in [4.78, 5) is 11.1. The molecule has 0 aliphatic carbocycles. The fourth-order valence-electron chi connectivity index (χ4n) is 3.68. The third-order valence-corrected chi connectivity index (χ3v) is 5.59. The highest BCUT2D eigenvalue weighted by Crippen LogP contribution is 2.21. The summed E-state index contributed by atoms with van der Waals surface area (Å²) in [6.07, 6.45) is 4.95. The average Bonchev–Trinajstić information content (AvgIpc) is 2.74. The summed E-state index contributed by atoms with van der Waals surface area (Å²) in [5, 5.41) is 7.42. The molecule has 1 aliphatic rings. The van der Waals surface area contributed by atoms with Crippen LogP contribution >= 0.6 is 35.6 Å². The predicted octanol–water partition coefficient (Wildman–Crippen LogP) is 3.90. The maximum Gasteiger partial charge on any atom is 0.191 e. The number of rotatable bonds is 7. The summed E-state index contributed by atoms with van der Waals surface area (Å²) in [5.74, 6) is 0.845. The molecule has 29 heavy (non-hydrogen) atoms. The van der Waals surface area contributed by atoms with Crippen LogP contribution in [0.2, 0.25) is 5.15 Å². The molecule has 0 fully saturated rings. The lowest BCUT2D eigenvalue weighted by molar-refractivity contribution is 0.174. The predicted molar refractivity (Wildman–Crippen MR) is 132 cm³/mol. The van der Waals surface area contributed by atoms with Crippen molar-refractivity contribution in [3.8, 4) is 0 Å². The van der Waals surface area contributed by atoms with Crippen molar-refractivity contribution in [2.24, 2.45) is 4.99 Å². The SMILES string of the molecule is CCC(CNC(=NC)NCCc1ccc(Cl)nc1)N1CCc2ccccc2C1.I. The van der Waals surface area contributed by atoms with Gasteiger partial charge in [-0.1, -0.05) is 48.9 Å². The molecule has 1 aliphatic heterocycles. The van der Waals surface area contributed by atoms with Gasteiger partial charge in [-0.2, -0.15) is 0 Å². The number of hydrogen-bond acceptors (Lipinski definition) is 3. The van der Waals surface area contributed by atoms with Crippen molar-refractivity contribution in [2.75, 3.05) is 26.7 Å². The second kappa shape index (κ2) is 12.3. The summed E-state index contributed by atoms with van der Waals surface area (Å²) in [6, 6.07) is 13.1. The molecule has 1 aromatic carbocycles. The number of nitrogens with zero attached hydrogens (tertiary/aromatic N) is 3. The van der Waals surface area contributed by atoms with Crippen molar-refractivity contribution in [2.45, 2.75) is 38.8 Å². The largest absolute Gasteiger partial charge is 0.356 e. The molecular formula is C22H31ClIN5. The number of halogens is 2. The Kier molecular flexibility index (Phi) is 10.2. The van der Waals surface area contributed by atoms with Gasteiger partial charge in [0.2, 0.25) is 0 Å². The Morgan fingerprint density at radius 3 is 2.69 bits per heavy atom. The van der Waals surface area contributed by atoms with E-state index in [2.05, 4.69) is 56.7 Å². The highest BCUT2D eigenvalue weighted by molar-refractivity contribution is 14.0. The van der Waals surface area contributed by atoms with Crippen molar-refractivity contribution in [1.82, 2.24) is 20.5 Å². The fraction of sp³-hybridized carbons (Fsp3) is 0.455. The van der Waals surface area contributed by atoms with Gasteiger partial charge in [-0.15, -0.1) is 24.0 Å². The first-order valence-electron chi connectivity index (χ1n) is 10.1. The minimum absolute atomic E-state index is 0. The first-order chi connectivity index (χ1) is 13.7. The molecule has 5 nitrogen and oxygen atoms in total. The molecule has 158 valence electrons. The molecule has 0 radical (unpaired) electrons. The van der Waals surface area contributed by atoms with E-state index in [9.17, 15) is 0 Å². The zero-order valence-corrected chi connectivity index (χ0v) is 20.3. The molecule has 2 N–H and O–H groups in total. The van der Waals surface area contributed by atoms with Gasteiger partial charge in [0.1, 0.15) is 5.15 Å². The minimum atomic E-state index is 0. The molecule has 0 bridgehead atoms. The molecule has 2 aromatic rings. The zero-order valence-electron chi connectivity index (χ0n) is 17.2. The van der Waals surface area contributed by atoms with E-state index >= 15 is 0 Å². The second-order valence-electron chi connectivity index (χ2n) is 7.17. The summed E-state index contributed by atoms with van der Waals surface area (Å²) in [6.45, 7) is 6.10. The Morgan fingerprint density at radius 1 is 1.21 bits per heavy atom. The van der Waals surface area contributed by atoms with E-state index in [-0.39, 0.29) is 24.0 Å². The quantitative estimate of drug-likeness (QED) is 0.248. The van der Waals surface area contributed by atoms with Crippen molar-refractivity contribution >= 4 is 41.5 Å². The number of nitrogens with one attached hydrogen (secondary N) is 2. The molecule has 0 saturated carbocycles. The van der Waals surface area contributed by atoms with Gasteiger partial charge < -0.3 is 10.6 Å². The number of fused-ring (bicyclic) bond motifs is 1. The maximum atomic E-state index is 5.84. The van der Waals surface area contributed by atoms with Gasteiger partial charge in [-0.05, 0) is 42.0 Å². The van der Waals surface area contributed by atoms with Gasteiger partial charge in [0.05, 0.1) is 0 Å². The molecule has 1 unspecified atom stereocenters. The van der Waals surface area contributed by atoms with Gasteiger partial charge in [-0.3, -0.25) is 9.89 Å². The van der Waals surface area contributed by atoms with Crippen molar-refractivity contribution in [1.29, 1.82) is 0 Å². The fourth-order valence-corrected chi connectivity index (χ4v) is 3.79. The maximum absolute atomic E-state index is 5.84. The van der Waals surface area contributed by atoms with Crippen molar-refractivity contribution in [3.63, 3.8) is 0 Å². The third-order valence-electron chi connectivity index (χ3n) is 5.37. The van der Waals surface area contributed by atoms with Gasteiger partial charge in [-0.25, -0.2) is 4.98 Å². The molecule has 3 rings (SSSR count). The smallest absolute Gasteiger partial charge is 0.191 e. The first-order valence-corrected chi connectivity index (χ1v) is 10.4. The van der Waals surface area contributed by atoms with Crippen molar-refractivity contribution in [3.05, 3.63) is 64.4 Å². The number of aliphatic imine (C=N–C) groups is 1. The number of hydrogen-bond donors (Lipinski definition) is 2. The van der Waals surface area contributed by atoms with Crippen molar-refractivity contribution < 1.29 is 0 Å². The number of guanidine groups is 1. The van der Waals surface area contributed by atoms with E-state index < -0.39 is 0 Å². The summed E-state index contributed by atoms with van der Waals surface area (Å²) < 4.78 is 0. The second-order valence-corrected chi connectivity index (χ2v) is 7.56. The molecule has 1 aromatic heterocycles. The molecule has 0 saturated heterocycles. The number of benzene rings is 1. The van der Waals surface area contributed by atoms with Crippen LogP contribution in [-0.2, 0) is 19.4 Å². The van der Waals surface area contributed by atoms with E-state index in [1.807, 2.05) is 25.4 Å². The molecular weight excluding hydrogens is 497 g/mol. The monoisotopic (exact) mass is 527 g/mol. The summed E-state index contributed by atoms with van der Waals surface area (Å²) >= 11 is 5.84. The van der Waals surface area contributed by atoms with Gasteiger partial charge in [0.25, 0.3) is 0 Å². The van der Waals surface area contributed by atoms with E-state index in [0.29, 0.717) is 11.2 Å². The Balaban J connectivity index is 0.00000300. The Hall–Kier alpha value is -1.38. The van der Waals surface area contributed by atoms with Crippen LogP contribution in [0, 0.1) is 0 Å². The van der Waals surface area contributed by atoms with Crippen LogP contribution in [0.25, 0.3) is 0 Å².